The van der Waals surface area contributed by atoms with Crippen molar-refractivity contribution in [2.75, 3.05) is 0 Å². The average molecular weight is 181 g/mol. The Kier molecular flexibility index (Phi) is 6.28. The molecule has 4 heteroatoms. The lowest BCUT2D eigenvalue weighted by molar-refractivity contribution is 0.174. The minimum atomic E-state index is -0.343. The van der Waals surface area contributed by atoms with Crippen LogP contribution in [0, 0.1) is 0 Å². The van der Waals surface area contributed by atoms with E-state index in [2.05, 4.69) is 0 Å². The maximum Gasteiger partial charge on any atom is 0.315 e. The molecule has 0 fully saturated rings. The van der Waals surface area contributed by atoms with E-state index in [0.29, 0.717) is 0 Å². The highest BCUT2D eigenvalue weighted by Crippen LogP contribution is 2.02. The lowest BCUT2D eigenvalue weighted by atomic mass is 10.2. The highest BCUT2D eigenvalue weighted by atomic mass is 35.5. The van der Waals surface area contributed by atoms with Crippen molar-refractivity contribution in [3.8, 4) is 0 Å². The first kappa shape index (κ1) is 13.2. The topological polar surface area (TPSA) is 46.3 Å². The van der Waals surface area contributed by atoms with Gasteiger partial charge in [-0.3, -0.25) is 0 Å². The molecule has 0 unspecified atom stereocenters. The lowest BCUT2D eigenvalue weighted by Gasteiger charge is -2.28. The highest BCUT2D eigenvalue weighted by molar-refractivity contribution is 5.85. The monoisotopic (exact) mass is 180 g/mol. The molecule has 2 N–H and O–H groups in total. The van der Waals surface area contributed by atoms with Crippen molar-refractivity contribution in [2.45, 2.75) is 39.8 Å². The standard InChI is InChI=1S/C7H16N2O.ClH/c1-5(2)9(6(3)4)7(8)10;/h5-6H,1-4H3,(H2,8,10);1H. The van der Waals surface area contributed by atoms with Crippen LogP contribution >= 0.6 is 12.4 Å². The second-order valence-electron chi connectivity index (χ2n) is 2.93. The Morgan fingerprint density at radius 3 is 1.45 bits per heavy atom. The van der Waals surface area contributed by atoms with Crippen LogP contribution in [0.1, 0.15) is 27.7 Å². The predicted molar refractivity (Wildman–Crippen MR) is 48.9 cm³/mol. The van der Waals surface area contributed by atoms with Crippen molar-refractivity contribution < 1.29 is 4.79 Å². The van der Waals surface area contributed by atoms with Crippen molar-refractivity contribution in [2.24, 2.45) is 5.73 Å². The maximum atomic E-state index is 10.7. The quantitative estimate of drug-likeness (QED) is 0.690. The summed E-state index contributed by atoms with van der Waals surface area (Å²) in [4.78, 5) is 12.4. The molecule has 0 spiro atoms. The molecule has 0 aromatic carbocycles. The largest absolute Gasteiger partial charge is 0.351 e. The van der Waals surface area contributed by atoms with E-state index in [9.17, 15) is 4.79 Å². The Morgan fingerprint density at radius 1 is 1.18 bits per heavy atom. The number of amides is 2. The second-order valence-corrected chi connectivity index (χ2v) is 2.93. The first-order valence-corrected chi connectivity index (χ1v) is 3.54. The Labute approximate surface area is 74.3 Å². The fourth-order valence-corrected chi connectivity index (χ4v) is 1.11. The van der Waals surface area contributed by atoms with Gasteiger partial charge in [0.2, 0.25) is 0 Å². The van der Waals surface area contributed by atoms with Crippen LogP contribution < -0.4 is 5.73 Å². The summed E-state index contributed by atoms with van der Waals surface area (Å²) in [5.74, 6) is 0. The number of nitrogens with zero attached hydrogens (tertiary/aromatic N) is 1. The second kappa shape index (κ2) is 5.24. The highest BCUT2D eigenvalue weighted by Gasteiger charge is 2.15. The summed E-state index contributed by atoms with van der Waals surface area (Å²) in [5.41, 5.74) is 5.13. The van der Waals surface area contributed by atoms with Gasteiger partial charge in [0.1, 0.15) is 0 Å². The van der Waals surface area contributed by atoms with Gasteiger partial charge < -0.3 is 10.6 Å². The van der Waals surface area contributed by atoms with Crippen LogP contribution in [0.3, 0.4) is 0 Å². The third-order valence-electron chi connectivity index (χ3n) is 1.37. The van der Waals surface area contributed by atoms with Crippen molar-refractivity contribution in [1.82, 2.24) is 4.90 Å². The van der Waals surface area contributed by atoms with Crippen LogP contribution in [0.5, 0.6) is 0 Å². The fraction of sp³-hybridized carbons (Fsp3) is 0.857. The summed E-state index contributed by atoms with van der Waals surface area (Å²) in [6, 6.07) is 0.0417. The number of nitrogens with two attached hydrogens (primary N) is 1. The number of halogens is 1. The van der Waals surface area contributed by atoms with Gasteiger partial charge in [0.05, 0.1) is 0 Å². The molecule has 0 aliphatic heterocycles. The average Bonchev–Trinajstić information content (AvgIpc) is 1.59. The molecule has 68 valence electrons. The molecule has 0 rings (SSSR count). The third-order valence-corrected chi connectivity index (χ3v) is 1.37. The molecule has 0 heterocycles. The molecule has 0 atom stereocenters. The van der Waals surface area contributed by atoms with Crippen LogP contribution in [-0.4, -0.2) is 23.0 Å². The lowest BCUT2D eigenvalue weighted by Crippen LogP contribution is -2.45. The number of rotatable bonds is 2. The van der Waals surface area contributed by atoms with Gasteiger partial charge in [0.25, 0.3) is 0 Å². The summed E-state index contributed by atoms with van der Waals surface area (Å²) in [6.45, 7) is 7.80. The summed E-state index contributed by atoms with van der Waals surface area (Å²) in [7, 11) is 0. The van der Waals surface area contributed by atoms with E-state index < -0.39 is 0 Å². The number of hydrogen-bond acceptors (Lipinski definition) is 1. The third kappa shape index (κ3) is 4.09. The Balaban J connectivity index is 0. The van der Waals surface area contributed by atoms with E-state index in [1.165, 1.54) is 0 Å². The normalized spacial score (nSPS) is 9.64. The molecule has 0 saturated carbocycles. The van der Waals surface area contributed by atoms with Gasteiger partial charge in [-0.05, 0) is 27.7 Å². The van der Waals surface area contributed by atoms with E-state index >= 15 is 0 Å². The van der Waals surface area contributed by atoms with Gasteiger partial charge >= 0.3 is 6.03 Å². The minimum absolute atomic E-state index is 0. The van der Waals surface area contributed by atoms with Gasteiger partial charge in [-0.2, -0.15) is 0 Å². The fourth-order valence-electron chi connectivity index (χ4n) is 1.11. The van der Waals surface area contributed by atoms with Gasteiger partial charge in [0.15, 0.2) is 0 Å². The van der Waals surface area contributed by atoms with Crippen LogP contribution in [0.4, 0.5) is 4.79 Å². The molecular weight excluding hydrogens is 164 g/mol. The number of hydrogen-bond donors (Lipinski definition) is 1. The number of urea groups is 1. The summed E-state index contributed by atoms with van der Waals surface area (Å²) >= 11 is 0. The van der Waals surface area contributed by atoms with E-state index in [4.69, 9.17) is 5.73 Å². The molecular formula is C7H17ClN2O. The molecule has 0 aliphatic rings. The van der Waals surface area contributed by atoms with E-state index in [1.807, 2.05) is 27.7 Å². The van der Waals surface area contributed by atoms with Gasteiger partial charge in [-0.15, -0.1) is 12.4 Å². The van der Waals surface area contributed by atoms with Gasteiger partial charge in [-0.25, -0.2) is 4.79 Å². The summed E-state index contributed by atoms with van der Waals surface area (Å²) < 4.78 is 0. The summed E-state index contributed by atoms with van der Waals surface area (Å²) in [5, 5.41) is 0. The smallest absolute Gasteiger partial charge is 0.315 e. The van der Waals surface area contributed by atoms with E-state index in [-0.39, 0.29) is 30.5 Å². The van der Waals surface area contributed by atoms with Crippen LogP contribution in [0.2, 0.25) is 0 Å². The Hall–Kier alpha value is -0.440. The van der Waals surface area contributed by atoms with Gasteiger partial charge in [-0.1, -0.05) is 0 Å². The van der Waals surface area contributed by atoms with Crippen molar-refractivity contribution in [3.63, 3.8) is 0 Å². The Morgan fingerprint density at radius 2 is 1.45 bits per heavy atom. The minimum Gasteiger partial charge on any atom is -0.351 e. The number of primary amides is 1. The van der Waals surface area contributed by atoms with E-state index in [1.54, 1.807) is 4.90 Å². The van der Waals surface area contributed by atoms with Crippen molar-refractivity contribution in [1.29, 1.82) is 0 Å². The van der Waals surface area contributed by atoms with Crippen LogP contribution in [-0.2, 0) is 0 Å². The van der Waals surface area contributed by atoms with Gasteiger partial charge in [0, 0.05) is 12.1 Å². The van der Waals surface area contributed by atoms with Crippen molar-refractivity contribution in [3.05, 3.63) is 0 Å². The first-order chi connectivity index (χ1) is 4.46. The zero-order valence-corrected chi connectivity index (χ0v) is 8.31. The number of carbonyl (C=O) groups excluding carboxylic acids is 1. The van der Waals surface area contributed by atoms with Crippen LogP contribution in [0.25, 0.3) is 0 Å². The molecule has 0 bridgehead atoms. The Bertz CT molecular complexity index is 118. The van der Waals surface area contributed by atoms with Crippen LogP contribution in [0.15, 0.2) is 0 Å². The zero-order chi connectivity index (χ0) is 8.31. The molecule has 3 nitrogen and oxygen atoms in total. The van der Waals surface area contributed by atoms with E-state index in [0.717, 1.165) is 0 Å². The molecule has 0 radical (unpaired) electrons. The molecule has 0 aromatic rings. The SMILES string of the molecule is CC(C)N(C(N)=O)C(C)C.Cl. The number of carbonyl (C=O) groups is 1. The molecule has 2 amide bonds. The molecule has 11 heavy (non-hydrogen) atoms. The van der Waals surface area contributed by atoms with Crippen molar-refractivity contribution >= 4 is 18.4 Å². The molecule has 0 aromatic heterocycles. The first-order valence-electron chi connectivity index (χ1n) is 3.54. The zero-order valence-electron chi connectivity index (χ0n) is 7.50. The summed E-state index contributed by atoms with van der Waals surface area (Å²) in [6.07, 6.45) is 0. The molecule has 0 aliphatic carbocycles. The molecule has 0 saturated heterocycles. The predicted octanol–water partition coefficient (Wildman–Crippen LogP) is 1.61. The maximum absolute atomic E-state index is 10.7.